The van der Waals surface area contributed by atoms with Crippen molar-refractivity contribution in [3.8, 4) is 0 Å². The monoisotopic (exact) mass is 212 g/mol. The van der Waals surface area contributed by atoms with Crippen LogP contribution in [0.1, 0.15) is 19.8 Å². The number of ether oxygens (including phenoxy) is 1. The summed E-state index contributed by atoms with van der Waals surface area (Å²) in [4.78, 5) is 13.5. The molecule has 0 spiro atoms. The minimum absolute atomic E-state index is 0.0330. The van der Waals surface area contributed by atoms with Gasteiger partial charge < -0.3 is 15.0 Å². The maximum atomic E-state index is 11.7. The maximum Gasteiger partial charge on any atom is 0.239 e. The van der Waals surface area contributed by atoms with Crippen LogP contribution in [0.5, 0.6) is 0 Å². The lowest BCUT2D eigenvalue weighted by atomic mass is 9.99. The summed E-state index contributed by atoms with van der Waals surface area (Å²) in [6, 6.07) is 0.415. The van der Waals surface area contributed by atoms with Crippen molar-refractivity contribution in [2.75, 3.05) is 26.8 Å². The number of carbonyl (C=O) groups excluding carboxylic acids is 1. The van der Waals surface area contributed by atoms with E-state index < -0.39 is 0 Å². The largest absolute Gasteiger partial charge is 0.381 e. The second-order valence-corrected chi connectivity index (χ2v) is 4.68. The Hall–Kier alpha value is -0.610. The highest BCUT2D eigenvalue weighted by atomic mass is 16.5. The molecule has 86 valence electrons. The van der Waals surface area contributed by atoms with Crippen LogP contribution in [-0.4, -0.2) is 49.7 Å². The Balaban J connectivity index is 1.83. The predicted molar refractivity (Wildman–Crippen MR) is 57.6 cm³/mol. The van der Waals surface area contributed by atoms with E-state index in [4.69, 9.17) is 4.74 Å². The number of nitrogens with one attached hydrogen (secondary N) is 1. The standard InChI is InChI=1S/C11H20N2O2/c1-8(9-4-6-15-7-9)12-10-3-5-13(2)11(10)14/h8-10,12H,3-7H2,1-2H3. The number of carbonyl (C=O) groups is 1. The van der Waals surface area contributed by atoms with Gasteiger partial charge in [0.2, 0.25) is 5.91 Å². The van der Waals surface area contributed by atoms with Gasteiger partial charge in [0.1, 0.15) is 0 Å². The molecule has 2 rings (SSSR count). The van der Waals surface area contributed by atoms with Crippen molar-refractivity contribution in [3.05, 3.63) is 0 Å². The topological polar surface area (TPSA) is 41.6 Å². The molecule has 0 aromatic heterocycles. The minimum Gasteiger partial charge on any atom is -0.381 e. The van der Waals surface area contributed by atoms with E-state index in [-0.39, 0.29) is 11.9 Å². The summed E-state index contributed by atoms with van der Waals surface area (Å²) in [7, 11) is 1.87. The molecule has 0 aliphatic carbocycles. The first-order valence-electron chi connectivity index (χ1n) is 5.77. The Labute approximate surface area is 91.0 Å². The van der Waals surface area contributed by atoms with Crippen LogP contribution < -0.4 is 5.32 Å². The summed E-state index contributed by atoms with van der Waals surface area (Å²) < 4.78 is 5.36. The minimum atomic E-state index is 0.0330. The third-order valence-corrected chi connectivity index (χ3v) is 3.56. The quantitative estimate of drug-likeness (QED) is 0.728. The number of amides is 1. The van der Waals surface area contributed by atoms with Gasteiger partial charge in [0.05, 0.1) is 12.6 Å². The zero-order chi connectivity index (χ0) is 10.8. The molecule has 3 atom stereocenters. The molecule has 2 aliphatic rings. The second-order valence-electron chi connectivity index (χ2n) is 4.68. The van der Waals surface area contributed by atoms with Gasteiger partial charge in [-0.2, -0.15) is 0 Å². The van der Waals surface area contributed by atoms with Crippen molar-refractivity contribution in [1.29, 1.82) is 0 Å². The van der Waals surface area contributed by atoms with E-state index in [0.29, 0.717) is 12.0 Å². The van der Waals surface area contributed by atoms with Gasteiger partial charge in [-0.1, -0.05) is 0 Å². The summed E-state index contributed by atoms with van der Waals surface area (Å²) in [6.07, 6.45) is 2.05. The van der Waals surface area contributed by atoms with E-state index in [1.165, 1.54) is 0 Å². The number of likely N-dealkylation sites (N-methyl/N-ethyl adjacent to an activating group) is 1. The van der Waals surface area contributed by atoms with E-state index in [0.717, 1.165) is 32.6 Å². The van der Waals surface area contributed by atoms with Crippen LogP contribution >= 0.6 is 0 Å². The Bertz CT molecular complexity index is 239. The van der Waals surface area contributed by atoms with E-state index in [1.54, 1.807) is 4.90 Å². The molecule has 4 nitrogen and oxygen atoms in total. The average Bonchev–Trinajstić information content (AvgIpc) is 2.83. The van der Waals surface area contributed by atoms with Gasteiger partial charge in [0.25, 0.3) is 0 Å². The van der Waals surface area contributed by atoms with Crippen molar-refractivity contribution in [3.63, 3.8) is 0 Å². The lowest BCUT2D eigenvalue weighted by Gasteiger charge is -2.22. The molecule has 2 aliphatic heterocycles. The van der Waals surface area contributed by atoms with Gasteiger partial charge in [0, 0.05) is 26.2 Å². The van der Waals surface area contributed by atoms with Crippen LogP contribution in [0.2, 0.25) is 0 Å². The van der Waals surface area contributed by atoms with E-state index >= 15 is 0 Å². The van der Waals surface area contributed by atoms with Crippen LogP contribution in [0.15, 0.2) is 0 Å². The van der Waals surface area contributed by atoms with Gasteiger partial charge in [-0.15, -0.1) is 0 Å². The van der Waals surface area contributed by atoms with Crippen LogP contribution in [0, 0.1) is 5.92 Å². The number of likely N-dealkylation sites (tertiary alicyclic amines) is 1. The first kappa shape index (κ1) is 10.9. The molecule has 2 saturated heterocycles. The Kier molecular flexibility index (Phi) is 3.26. The van der Waals surface area contributed by atoms with Crippen molar-refractivity contribution >= 4 is 5.91 Å². The molecule has 2 heterocycles. The van der Waals surface area contributed by atoms with Gasteiger partial charge in [0.15, 0.2) is 0 Å². The highest BCUT2D eigenvalue weighted by Gasteiger charge is 2.32. The highest BCUT2D eigenvalue weighted by Crippen LogP contribution is 2.18. The molecule has 15 heavy (non-hydrogen) atoms. The van der Waals surface area contributed by atoms with Crippen LogP contribution in [0.25, 0.3) is 0 Å². The molecule has 2 fully saturated rings. The second kappa shape index (κ2) is 4.49. The molecule has 4 heteroatoms. The van der Waals surface area contributed by atoms with Gasteiger partial charge >= 0.3 is 0 Å². The van der Waals surface area contributed by atoms with Crippen molar-refractivity contribution in [2.24, 2.45) is 5.92 Å². The van der Waals surface area contributed by atoms with Crippen LogP contribution in [0.4, 0.5) is 0 Å². The number of nitrogens with zero attached hydrogens (tertiary/aromatic N) is 1. The van der Waals surface area contributed by atoms with Gasteiger partial charge in [-0.3, -0.25) is 4.79 Å². The molecule has 1 amide bonds. The first-order chi connectivity index (χ1) is 7.18. The molecular formula is C11H20N2O2. The molecule has 0 aromatic carbocycles. The summed E-state index contributed by atoms with van der Waals surface area (Å²) in [5, 5.41) is 3.43. The molecule has 1 N–H and O–H groups in total. The smallest absolute Gasteiger partial charge is 0.239 e. The maximum absolute atomic E-state index is 11.7. The fraction of sp³-hybridized carbons (Fsp3) is 0.909. The number of hydrogen-bond acceptors (Lipinski definition) is 3. The lowest BCUT2D eigenvalue weighted by Crippen LogP contribution is -2.45. The van der Waals surface area contributed by atoms with Crippen molar-refractivity contribution < 1.29 is 9.53 Å². The van der Waals surface area contributed by atoms with Crippen LogP contribution in [-0.2, 0) is 9.53 Å². The van der Waals surface area contributed by atoms with E-state index in [1.807, 2.05) is 7.05 Å². The number of rotatable bonds is 3. The van der Waals surface area contributed by atoms with Crippen molar-refractivity contribution in [1.82, 2.24) is 10.2 Å². The molecular weight excluding hydrogens is 192 g/mol. The Morgan fingerprint density at radius 1 is 1.53 bits per heavy atom. The predicted octanol–water partition coefficient (Wildman–Crippen LogP) is 0.232. The fourth-order valence-corrected chi connectivity index (χ4v) is 2.38. The highest BCUT2D eigenvalue weighted by molar-refractivity contribution is 5.83. The SMILES string of the molecule is CC(NC1CCN(C)C1=O)C1CCOC1. The molecule has 0 saturated carbocycles. The zero-order valence-electron chi connectivity index (χ0n) is 9.53. The third kappa shape index (κ3) is 2.32. The summed E-state index contributed by atoms with van der Waals surface area (Å²) >= 11 is 0. The molecule has 3 unspecified atom stereocenters. The average molecular weight is 212 g/mol. The lowest BCUT2D eigenvalue weighted by molar-refractivity contribution is -0.128. The Morgan fingerprint density at radius 3 is 2.87 bits per heavy atom. The normalized spacial score (nSPS) is 33.7. The summed E-state index contributed by atoms with van der Waals surface area (Å²) in [5.41, 5.74) is 0. The van der Waals surface area contributed by atoms with Gasteiger partial charge in [-0.25, -0.2) is 0 Å². The van der Waals surface area contributed by atoms with Crippen LogP contribution in [0.3, 0.4) is 0 Å². The van der Waals surface area contributed by atoms with E-state index in [9.17, 15) is 4.79 Å². The fourth-order valence-electron chi connectivity index (χ4n) is 2.38. The number of hydrogen-bond donors (Lipinski definition) is 1. The summed E-state index contributed by atoms with van der Waals surface area (Å²) in [5.74, 6) is 0.810. The Morgan fingerprint density at radius 2 is 2.33 bits per heavy atom. The third-order valence-electron chi connectivity index (χ3n) is 3.56. The van der Waals surface area contributed by atoms with Gasteiger partial charge in [-0.05, 0) is 25.7 Å². The molecule has 0 radical (unpaired) electrons. The molecule has 0 bridgehead atoms. The van der Waals surface area contributed by atoms with E-state index in [2.05, 4.69) is 12.2 Å². The summed E-state index contributed by atoms with van der Waals surface area (Å²) in [6.45, 7) is 4.75. The zero-order valence-corrected chi connectivity index (χ0v) is 9.53. The van der Waals surface area contributed by atoms with Crippen molar-refractivity contribution in [2.45, 2.75) is 31.8 Å². The first-order valence-corrected chi connectivity index (χ1v) is 5.77. The molecule has 0 aromatic rings.